The molecular weight excluding hydrogens is 260 g/mol. The van der Waals surface area contributed by atoms with E-state index in [1.807, 2.05) is 12.1 Å². The van der Waals surface area contributed by atoms with Crippen molar-refractivity contribution in [2.45, 2.75) is 51.6 Å². The predicted octanol–water partition coefficient (Wildman–Crippen LogP) is 4.04. The summed E-state index contributed by atoms with van der Waals surface area (Å²) in [6.07, 6.45) is 3.74. The molecule has 0 spiro atoms. The van der Waals surface area contributed by atoms with E-state index in [9.17, 15) is 10.2 Å². The van der Waals surface area contributed by atoms with Crippen molar-refractivity contribution in [2.24, 2.45) is 5.41 Å². The number of rotatable bonds is 0. The molecule has 2 aromatic rings. The van der Waals surface area contributed by atoms with Crippen molar-refractivity contribution >= 4 is 10.8 Å². The Labute approximate surface area is 125 Å². The van der Waals surface area contributed by atoms with Crippen molar-refractivity contribution in [3.63, 3.8) is 0 Å². The van der Waals surface area contributed by atoms with Gasteiger partial charge in [0.2, 0.25) is 0 Å². The molecule has 0 amide bonds. The van der Waals surface area contributed by atoms with E-state index in [1.54, 1.807) is 0 Å². The number of aromatic hydroxyl groups is 1. The van der Waals surface area contributed by atoms with Crippen LogP contribution in [-0.4, -0.2) is 16.3 Å². The lowest BCUT2D eigenvalue weighted by Gasteiger charge is -2.40. The zero-order valence-corrected chi connectivity index (χ0v) is 12.7. The number of phenolic OH excluding ortho intramolecular Hbond substituents is 1. The van der Waals surface area contributed by atoms with Crippen LogP contribution in [0.2, 0.25) is 0 Å². The molecule has 1 fully saturated rings. The summed E-state index contributed by atoms with van der Waals surface area (Å²) in [6, 6.07) is 8.19. The van der Waals surface area contributed by atoms with Crippen LogP contribution in [0.4, 0.5) is 0 Å². The fourth-order valence-electron chi connectivity index (χ4n) is 4.72. The van der Waals surface area contributed by atoms with Crippen LogP contribution in [0, 0.1) is 12.3 Å². The first-order chi connectivity index (χ1) is 10.0. The molecule has 2 aromatic carbocycles. The summed E-state index contributed by atoms with van der Waals surface area (Å²) < 4.78 is 0. The molecule has 3 atom stereocenters. The normalized spacial score (nSPS) is 31.2. The third kappa shape index (κ3) is 1.63. The third-order valence-corrected chi connectivity index (χ3v) is 6.10. The summed E-state index contributed by atoms with van der Waals surface area (Å²) >= 11 is 0. The molecule has 0 saturated heterocycles. The van der Waals surface area contributed by atoms with Crippen LogP contribution in [0.25, 0.3) is 10.8 Å². The van der Waals surface area contributed by atoms with E-state index in [1.165, 1.54) is 16.7 Å². The molecule has 2 N–H and O–H groups in total. The molecule has 0 aliphatic heterocycles. The lowest BCUT2D eigenvalue weighted by atomic mass is 9.65. The summed E-state index contributed by atoms with van der Waals surface area (Å²) in [4.78, 5) is 0. The molecule has 21 heavy (non-hydrogen) atoms. The van der Waals surface area contributed by atoms with E-state index in [2.05, 4.69) is 26.0 Å². The van der Waals surface area contributed by atoms with Crippen LogP contribution in [0.1, 0.15) is 48.8 Å². The SMILES string of the molecule is Cc1ccc(O)c2c3c(ccc12)[C@@H]1CC[C@@H](O)[C@@]1(C)CC3. The first-order valence-electron chi connectivity index (χ1n) is 7.94. The number of hydrogen-bond acceptors (Lipinski definition) is 2. The number of hydrogen-bond donors (Lipinski definition) is 2. The minimum Gasteiger partial charge on any atom is -0.507 e. The standard InChI is InChI=1S/C19H22O2/c1-11-3-7-16(20)18-12(11)4-5-13-14(18)9-10-19(2)15(13)6-8-17(19)21/h3-5,7,15,17,20-21H,6,8-10H2,1-2H3/t15-,17+,19-/m0/s1. The van der Waals surface area contributed by atoms with Crippen molar-refractivity contribution < 1.29 is 10.2 Å². The Morgan fingerprint density at radius 2 is 1.95 bits per heavy atom. The van der Waals surface area contributed by atoms with Crippen molar-refractivity contribution in [1.82, 2.24) is 0 Å². The Hall–Kier alpha value is -1.54. The van der Waals surface area contributed by atoms with Crippen molar-refractivity contribution in [3.8, 4) is 5.75 Å². The zero-order valence-electron chi connectivity index (χ0n) is 12.7. The van der Waals surface area contributed by atoms with E-state index < -0.39 is 0 Å². The van der Waals surface area contributed by atoms with Crippen LogP contribution < -0.4 is 0 Å². The highest BCUT2D eigenvalue weighted by atomic mass is 16.3. The monoisotopic (exact) mass is 282 g/mol. The maximum atomic E-state index is 10.4. The maximum absolute atomic E-state index is 10.4. The second-order valence-corrected chi connectivity index (χ2v) is 7.11. The molecule has 4 rings (SSSR count). The summed E-state index contributed by atoms with van der Waals surface area (Å²) in [6.45, 7) is 4.33. The molecule has 1 saturated carbocycles. The van der Waals surface area contributed by atoms with Gasteiger partial charge in [-0.15, -0.1) is 0 Å². The topological polar surface area (TPSA) is 40.5 Å². The molecule has 2 aliphatic rings. The van der Waals surface area contributed by atoms with Crippen LogP contribution in [0.3, 0.4) is 0 Å². The molecular formula is C19H22O2. The van der Waals surface area contributed by atoms with Crippen LogP contribution >= 0.6 is 0 Å². The Bertz CT molecular complexity index is 734. The Kier molecular flexibility index (Phi) is 2.65. The first-order valence-corrected chi connectivity index (χ1v) is 7.94. The van der Waals surface area contributed by atoms with E-state index in [4.69, 9.17) is 0 Å². The van der Waals surface area contributed by atoms with Crippen molar-refractivity contribution in [2.75, 3.05) is 0 Å². The fraction of sp³-hybridized carbons (Fsp3) is 0.474. The summed E-state index contributed by atoms with van der Waals surface area (Å²) in [5.41, 5.74) is 3.89. The second-order valence-electron chi connectivity index (χ2n) is 7.11. The van der Waals surface area contributed by atoms with Gasteiger partial charge in [-0.3, -0.25) is 0 Å². The van der Waals surface area contributed by atoms with Crippen molar-refractivity contribution in [3.05, 3.63) is 41.0 Å². The van der Waals surface area contributed by atoms with E-state index in [0.29, 0.717) is 11.7 Å². The van der Waals surface area contributed by atoms with Gasteiger partial charge in [0, 0.05) is 10.8 Å². The quantitative estimate of drug-likeness (QED) is 0.765. The van der Waals surface area contributed by atoms with E-state index in [-0.39, 0.29) is 11.5 Å². The summed E-state index contributed by atoms with van der Waals surface area (Å²) in [7, 11) is 0. The van der Waals surface area contributed by atoms with Crippen LogP contribution in [0.5, 0.6) is 5.75 Å². The summed E-state index contributed by atoms with van der Waals surface area (Å²) in [5.74, 6) is 0.829. The smallest absolute Gasteiger partial charge is 0.123 e. The molecule has 0 radical (unpaired) electrons. The Morgan fingerprint density at radius 1 is 1.14 bits per heavy atom. The molecule has 2 nitrogen and oxygen atoms in total. The maximum Gasteiger partial charge on any atom is 0.123 e. The molecule has 2 aliphatic carbocycles. The van der Waals surface area contributed by atoms with Gasteiger partial charge in [0.25, 0.3) is 0 Å². The zero-order chi connectivity index (χ0) is 14.8. The molecule has 0 heterocycles. The van der Waals surface area contributed by atoms with Gasteiger partial charge >= 0.3 is 0 Å². The molecule has 110 valence electrons. The minimum absolute atomic E-state index is 0.0140. The van der Waals surface area contributed by atoms with Gasteiger partial charge < -0.3 is 10.2 Å². The second kappa shape index (κ2) is 4.23. The van der Waals surface area contributed by atoms with Crippen LogP contribution in [-0.2, 0) is 6.42 Å². The number of aliphatic hydroxyl groups excluding tert-OH is 1. The van der Waals surface area contributed by atoms with Gasteiger partial charge in [0.1, 0.15) is 5.75 Å². The lowest BCUT2D eigenvalue weighted by Crippen LogP contribution is -2.35. The van der Waals surface area contributed by atoms with Gasteiger partial charge in [-0.25, -0.2) is 0 Å². The highest BCUT2D eigenvalue weighted by Gasteiger charge is 2.49. The number of aliphatic hydroxyl groups is 1. The third-order valence-electron chi connectivity index (χ3n) is 6.10. The predicted molar refractivity (Wildman–Crippen MR) is 84.8 cm³/mol. The number of aryl methyl sites for hydroxylation is 2. The van der Waals surface area contributed by atoms with Gasteiger partial charge in [0.05, 0.1) is 6.10 Å². The van der Waals surface area contributed by atoms with Crippen molar-refractivity contribution in [1.29, 1.82) is 0 Å². The molecule has 2 heteroatoms. The van der Waals surface area contributed by atoms with E-state index in [0.717, 1.165) is 36.5 Å². The number of fused-ring (bicyclic) bond motifs is 5. The first kappa shape index (κ1) is 13.1. The van der Waals surface area contributed by atoms with Gasteiger partial charge in [-0.05, 0) is 66.7 Å². The van der Waals surface area contributed by atoms with Gasteiger partial charge in [-0.1, -0.05) is 25.1 Å². The fourth-order valence-corrected chi connectivity index (χ4v) is 4.72. The highest BCUT2D eigenvalue weighted by Crippen LogP contribution is 2.56. The number of phenols is 1. The number of benzene rings is 2. The average Bonchev–Trinajstić information content (AvgIpc) is 2.78. The average molecular weight is 282 g/mol. The van der Waals surface area contributed by atoms with Gasteiger partial charge in [-0.2, -0.15) is 0 Å². The van der Waals surface area contributed by atoms with Crippen LogP contribution in [0.15, 0.2) is 24.3 Å². The summed E-state index contributed by atoms with van der Waals surface area (Å²) in [5, 5.41) is 22.9. The molecule has 0 aromatic heterocycles. The minimum atomic E-state index is -0.183. The lowest BCUT2D eigenvalue weighted by molar-refractivity contribution is 0.0459. The highest BCUT2D eigenvalue weighted by molar-refractivity contribution is 5.94. The molecule has 0 unspecified atom stereocenters. The van der Waals surface area contributed by atoms with Gasteiger partial charge in [0.15, 0.2) is 0 Å². The largest absolute Gasteiger partial charge is 0.507 e. The van der Waals surface area contributed by atoms with E-state index >= 15 is 0 Å². The Balaban J connectivity index is 1.99. The Morgan fingerprint density at radius 3 is 2.76 bits per heavy atom. The molecule has 0 bridgehead atoms.